The molecule has 3 nitrogen and oxygen atoms in total. The quantitative estimate of drug-likeness (QED) is 0.839. The van der Waals surface area contributed by atoms with Gasteiger partial charge in [0.1, 0.15) is 0 Å². The van der Waals surface area contributed by atoms with E-state index in [-0.39, 0.29) is 6.10 Å². The molecule has 2 rings (SSSR count). The fraction of sp³-hybridized carbons (Fsp3) is 0.684. The van der Waals surface area contributed by atoms with E-state index in [0.717, 1.165) is 26.2 Å². The second kappa shape index (κ2) is 8.66. The van der Waals surface area contributed by atoms with Gasteiger partial charge in [0.15, 0.2) is 0 Å². The molecule has 1 N–H and O–H groups in total. The number of aliphatic hydroxyl groups is 1. The van der Waals surface area contributed by atoms with Gasteiger partial charge < -0.3 is 5.11 Å². The first-order valence-corrected chi connectivity index (χ1v) is 8.71. The van der Waals surface area contributed by atoms with Crippen LogP contribution in [0.3, 0.4) is 0 Å². The van der Waals surface area contributed by atoms with Gasteiger partial charge in [-0.3, -0.25) is 9.80 Å². The first-order chi connectivity index (χ1) is 10.6. The van der Waals surface area contributed by atoms with Crippen LogP contribution in [0.4, 0.5) is 0 Å². The topological polar surface area (TPSA) is 26.7 Å². The Labute approximate surface area is 135 Å². The summed E-state index contributed by atoms with van der Waals surface area (Å²) in [6.07, 6.45) is 3.62. The molecule has 1 saturated heterocycles. The van der Waals surface area contributed by atoms with Crippen molar-refractivity contribution in [3.05, 3.63) is 35.9 Å². The minimum absolute atomic E-state index is 0.270. The SMILES string of the molecule is CC(C)C1CCCCN1CC(O)CN(C)Cc1ccccc1. The van der Waals surface area contributed by atoms with Crippen LogP contribution in [-0.4, -0.2) is 53.7 Å². The van der Waals surface area contributed by atoms with Gasteiger partial charge in [0.2, 0.25) is 0 Å². The van der Waals surface area contributed by atoms with Crippen molar-refractivity contribution in [1.82, 2.24) is 9.80 Å². The molecule has 0 amide bonds. The maximum atomic E-state index is 10.5. The van der Waals surface area contributed by atoms with Crippen molar-refractivity contribution in [3.63, 3.8) is 0 Å². The Morgan fingerprint density at radius 1 is 1.23 bits per heavy atom. The van der Waals surface area contributed by atoms with Gasteiger partial charge in [0, 0.05) is 25.7 Å². The molecule has 1 aromatic carbocycles. The molecule has 2 atom stereocenters. The third-order valence-electron chi connectivity index (χ3n) is 4.70. The fourth-order valence-electron chi connectivity index (χ4n) is 3.65. The average molecular weight is 304 g/mol. The highest BCUT2D eigenvalue weighted by Crippen LogP contribution is 2.23. The first kappa shape index (κ1) is 17.5. The lowest BCUT2D eigenvalue weighted by atomic mass is 9.92. The third kappa shape index (κ3) is 5.38. The van der Waals surface area contributed by atoms with Crippen LogP contribution < -0.4 is 0 Å². The number of benzene rings is 1. The molecule has 1 fully saturated rings. The number of likely N-dealkylation sites (N-methyl/N-ethyl adjacent to an activating group) is 1. The number of hydrogen-bond acceptors (Lipinski definition) is 3. The van der Waals surface area contributed by atoms with Crippen molar-refractivity contribution in [2.24, 2.45) is 5.92 Å². The Balaban J connectivity index is 1.80. The summed E-state index contributed by atoms with van der Waals surface area (Å²) >= 11 is 0. The van der Waals surface area contributed by atoms with Crippen LogP contribution >= 0.6 is 0 Å². The highest BCUT2D eigenvalue weighted by molar-refractivity contribution is 5.14. The predicted molar refractivity (Wildman–Crippen MR) is 92.8 cm³/mol. The fourth-order valence-corrected chi connectivity index (χ4v) is 3.65. The molecule has 1 heterocycles. The van der Waals surface area contributed by atoms with Crippen molar-refractivity contribution >= 4 is 0 Å². The summed E-state index contributed by atoms with van der Waals surface area (Å²) in [5, 5.41) is 10.5. The molecule has 0 bridgehead atoms. The van der Waals surface area contributed by atoms with E-state index < -0.39 is 0 Å². The largest absolute Gasteiger partial charge is 0.390 e. The summed E-state index contributed by atoms with van der Waals surface area (Å²) in [6.45, 7) is 8.18. The van der Waals surface area contributed by atoms with Crippen molar-refractivity contribution in [2.75, 3.05) is 26.7 Å². The minimum Gasteiger partial charge on any atom is -0.390 e. The van der Waals surface area contributed by atoms with Gasteiger partial charge in [-0.2, -0.15) is 0 Å². The summed E-state index contributed by atoms with van der Waals surface area (Å²) in [5.74, 6) is 0.676. The van der Waals surface area contributed by atoms with Gasteiger partial charge in [0.25, 0.3) is 0 Å². The second-order valence-corrected chi connectivity index (χ2v) is 7.14. The summed E-state index contributed by atoms with van der Waals surface area (Å²) in [5.41, 5.74) is 1.30. The molecule has 124 valence electrons. The van der Waals surface area contributed by atoms with Crippen molar-refractivity contribution in [2.45, 2.75) is 51.8 Å². The van der Waals surface area contributed by atoms with Crippen molar-refractivity contribution in [3.8, 4) is 0 Å². The summed E-state index contributed by atoms with van der Waals surface area (Å²) in [4.78, 5) is 4.73. The zero-order valence-corrected chi connectivity index (χ0v) is 14.4. The summed E-state index contributed by atoms with van der Waals surface area (Å²) in [6, 6.07) is 11.1. The molecule has 1 aliphatic rings. The lowest BCUT2D eigenvalue weighted by molar-refractivity contribution is 0.0347. The molecular formula is C19H32N2O. The monoisotopic (exact) mass is 304 g/mol. The van der Waals surface area contributed by atoms with Crippen LogP contribution in [0, 0.1) is 5.92 Å². The van der Waals surface area contributed by atoms with E-state index in [9.17, 15) is 5.11 Å². The molecule has 1 aliphatic heterocycles. The van der Waals surface area contributed by atoms with Crippen LogP contribution in [0.25, 0.3) is 0 Å². The number of rotatable bonds is 7. The smallest absolute Gasteiger partial charge is 0.0793 e. The van der Waals surface area contributed by atoms with E-state index >= 15 is 0 Å². The Morgan fingerprint density at radius 3 is 2.64 bits per heavy atom. The van der Waals surface area contributed by atoms with E-state index in [2.05, 4.69) is 55.0 Å². The molecule has 0 aliphatic carbocycles. The van der Waals surface area contributed by atoms with Crippen LogP contribution in [0.5, 0.6) is 0 Å². The molecular weight excluding hydrogens is 272 g/mol. The van der Waals surface area contributed by atoms with Gasteiger partial charge in [-0.1, -0.05) is 50.6 Å². The number of nitrogens with zero attached hydrogens (tertiary/aromatic N) is 2. The van der Waals surface area contributed by atoms with Gasteiger partial charge in [-0.25, -0.2) is 0 Å². The maximum absolute atomic E-state index is 10.5. The molecule has 0 spiro atoms. The zero-order valence-electron chi connectivity index (χ0n) is 14.4. The Kier molecular flexibility index (Phi) is 6.87. The number of hydrogen-bond donors (Lipinski definition) is 1. The molecule has 2 unspecified atom stereocenters. The Morgan fingerprint density at radius 2 is 1.95 bits per heavy atom. The molecule has 1 aromatic rings. The van der Waals surface area contributed by atoms with Gasteiger partial charge >= 0.3 is 0 Å². The molecule has 0 aromatic heterocycles. The lowest BCUT2D eigenvalue weighted by Gasteiger charge is -2.39. The predicted octanol–water partition coefficient (Wildman–Crippen LogP) is 2.99. The second-order valence-electron chi connectivity index (χ2n) is 7.14. The third-order valence-corrected chi connectivity index (χ3v) is 4.70. The maximum Gasteiger partial charge on any atom is 0.0793 e. The number of aliphatic hydroxyl groups excluding tert-OH is 1. The zero-order chi connectivity index (χ0) is 15.9. The standard InChI is InChI=1S/C19H32N2O/c1-16(2)19-11-7-8-12-21(19)15-18(22)14-20(3)13-17-9-5-4-6-10-17/h4-6,9-10,16,18-19,22H,7-8,11-15H2,1-3H3. The van der Waals surface area contributed by atoms with Crippen LogP contribution in [0.1, 0.15) is 38.7 Å². The van der Waals surface area contributed by atoms with E-state index in [0.29, 0.717) is 12.0 Å². The van der Waals surface area contributed by atoms with Gasteiger partial charge in [-0.05, 0) is 37.9 Å². The first-order valence-electron chi connectivity index (χ1n) is 8.71. The Hall–Kier alpha value is -0.900. The van der Waals surface area contributed by atoms with Crippen LogP contribution in [0.2, 0.25) is 0 Å². The number of β-amino-alcohol motifs (C(OH)–C–C–N with tert-alkyl or cyclic N) is 1. The van der Waals surface area contributed by atoms with E-state index in [4.69, 9.17) is 0 Å². The van der Waals surface area contributed by atoms with Crippen LogP contribution in [0.15, 0.2) is 30.3 Å². The van der Waals surface area contributed by atoms with Gasteiger partial charge in [0.05, 0.1) is 6.10 Å². The normalized spacial score (nSPS) is 21.5. The molecule has 0 radical (unpaired) electrons. The lowest BCUT2D eigenvalue weighted by Crippen LogP contribution is -2.48. The molecule has 22 heavy (non-hydrogen) atoms. The summed E-state index contributed by atoms with van der Waals surface area (Å²) in [7, 11) is 2.09. The van der Waals surface area contributed by atoms with E-state index in [1.807, 2.05) is 6.07 Å². The van der Waals surface area contributed by atoms with Gasteiger partial charge in [-0.15, -0.1) is 0 Å². The van der Waals surface area contributed by atoms with Crippen molar-refractivity contribution < 1.29 is 5.11 Å². The number of piperidine rings is 1. The molecule has 0 saturated carbocycles. The Bertz CT molecular complexity index is 421. The number of likely N-dealkylation sites (tertiary alicyclic amines) is 1. The van der Waals surface area contributed by atoms with E-state index in [1.54, 1.807) is 0 Å². The van der Waals surface area contributed by atoms with E-state index in [1.165, 1.54) is 24.8 Å². The summed E-state index contributed by atoms with van der Waals surface area (Å²) < 4.78 is 0. The highest BCUT2D eigenvalue weighted by atomic mass is 16.3. The van der Waals surface area contributed by atoms with Crippen LogP contribution in [-0.2, 0) is 6.54 Å². The average Bonchev–Trinajstić information content (AvgIpc) is 2.48. The van der Waals surface area contributed by atoms with Crippen molar-refractivity contribution in [1.29, 1.82) is 0 Å². The highest BCUT2D eigenvalue weighted by Gasteiger charge is 2.26. The minimum atomic E-state index is -0.270. The molecule has 3 heteroatoms.